The summed E-state index contributed by atoms with van der Waals surface area (Å²) in [6, 6.07) is 4.81. The molecule has 1 aromatic rings. The molecule has 0 atom stereocenters. The Balaban J connectivity index is 1.80. The van der Waals surface area contributed by atoms with Crippen molar-refractivity contribution in [2.24, 2.45) is 0 Å². The van der Waals surface area contributed by atoms with Gasteiger partial charge in [-0.2, -0.15) is 0 Å². The van der Waals surface area contributed by atoms with Gasteiger partial charge in [-0.05, 0) is 30.9 Å². The first-order valence-electron chi connectivity index (χ1n) is 5.64. The number of aromatic nitrogens is 1. The van der Waals surface area contributed by atoms with E-state index >= 15 is 0 Å². The largest absolute Gasteiger partial charge is 0.395 e. The zero-order valence-corrected chi connectivity index (χ0v) is 8.97. The van der Waals surface area contributed by atoms with Crippen LogP contribution in [0.5, 0.6) is 0 Å². The molecule has 3 nitrogen and oxygen atoms in total. The molecule has 1 aromatic heterocycles. The summed E-state index contributed by atoms with van der Waals surface area (Å²) in [5.74, 6) is 0. The normalized spacial score (nSPS) is 15.9. The van der Waals surface area contributed by atoms with Gasteiger partial charge in [0.2, 0.25) is 0 Å². The van der Waals surface area contributed by atoms with Crippen LogP contribution >= 0.6 is 0 Å². The molecular formula is C12H18N2O. The Morgan fingerprint density at radius 1 is 1.40 bits per heavy atom. The van der Waals surface area contributed by atoms with Crippen LogP contribution in [0.15, 0.2) is 24.5 Å². The molecule has 15 heavy (non-hydrogen) atoms. The van der Waals surface area contributed by atoms with Gasteiger partial charge in [0.25, 0.3) is 0 Å². The van der Waals surface area contributed by atoms with Gasteiger partial charge in [-0.1, -0.05) is 6.07 Å². The van der Waals surface area contributed by atoms with E-state index in [0.717, 1.165) is 25.6 Å². The van der Waals surface area contributed by atoms with Crippen molar-refractivity contribution in [1.82, 2.24) is 9.88 Å². The van der Waals surface area contributed by atoms with E-state index in [2.05, 4.69) is 16.0 Å². The van der Waals surface area contributed by atoms with Crippen LogP contribution in [0.1, 0.15) is 18.4 Å². The van der Waals surface area contributed by atoms with Gasteiger partial charge in [0.15, 0.2) is 0 Å². The van der Waals surface area contributed by atoms with Crippen molar-refractivity contribution < 1.29 is 5.11 Å². The van der Waals surface area contributed by atoms with Gasteiger partial charge in [0.1, 0.15) is 0 Å². The summed E-state index contributed by atoms with van der Waals surface area (Å²) in [6.45, 7) is 2.12. The van der Waals surface area contributed by atoms with Crippen LogP contribution in [0.2, 0.25) is 0 Å². The average molecular weight is 206 g/mol. The monoisotopic (exact) mass is 206 g/mol. The van der Waals surface area contributed by atoms with E-state index in [4.69, 9.17) is 5.11 Å². The smallest absolute Gasteiger partial charge is 0.0558 e. The molecule has 1 aliphatic carbocycles. The summed E-state index contributed by atoms with van der Waals surface area (Å²) < 4.78 is 0. The second-order valence-electron chi connectivity index (χ2n) is 4.10. The predicted octanol–water partition coefficient (Wildman–Crippen LogP) is 1.08. The second kappa shape index (κ2) is 5.24. The molecule has 1 N–H and O–H groups in total. The third kappa shape index (κ3) is 3.29. The Bertz CT molecular complexity index is 285. The van der Waals surface area contributed by atoms with E-state index < -0.39 is 0 Å². The van der Waals surface area contributed by atoms with Crippen molar-refractivity contribution in [2.75, 3.05) is 19.7 Å². The maximum atomic E-state index is 8.96. The number of aliphatic hydroxyl groups is 1. The first-order chi connectivity index (χ1) is 7.40. The van der Waals surface area contributed by atoms with E-state index in [9.17, 15) is 0 Å². The lowest BCUT2D eigenvalue weighted by Gasteiger charge is -2.20. The average Bonchev–Trinajstić information content (AvgIpc) is 3.09. The molecule has 0 aromatic carbocycles. The molecule has 1 fully saturated rings. The quantitative estimate of drug-likeness (QED) is 0.756. The third-order valence-corrected chi connectivity index (χ3v) is 2.86. The fourth-order valence-corrected chi connectivity index (χ4v) is 1.86. The van der Waals surface area contributed by atoms with Crippen LogP contribution in [-0.2, 0) is 6.42 Å². The first kappa shape index (κ1) is 10.6. The van der Waals surface area contributed by atoms with Crippen LogP contribution in [0, 0.1) is 0 Å². The number of pyridine rings is 1. The molecule has 0 radical (unpaired) electrons. The molecule has 1 heterocycles. The summed E-state index contributed by atoms with van der Waals surface area (Å²) in [7, 11) is 0. The zero-order valence-electron chi connectivity index (χ0n) is 8.97. The second-order valence-corrected chi connectivity index (χ2v) is 4.10. The maximum absolute atomic E-state index is 8.96. The molecule has 1 saturated carbocycles. The molecule has 0 bridgehead atoms. The van der Waals surface area contributed by atoms with Crippen molar-refractivity contribution >= 4 is 0 Å². The van der Waals surface area contributed by atoms with Gasteiger partial charge in [-0.3, -0.25) is 9.88 Å². The summed E-state index contributed by atoms with van der Waals surface area (Å²) >= 11 is 0. The highest BCUT2D eigenvalue weighted by Gasteiger charge is 2.27. The number of nitrogens with zero attached hydrogens (tertiary/aromatic N) is 2. The maximum Gasteiger partial charge on any atom is 0.0558 e. The lowest BCUT2D eigenvalue weighted by molar-refractivity contribution is 0.190. The van der Waals surface area contributed by atoms with E-state index in [1.54, 1.807) is 6.20 Å². The van der Waals surface area contributed by atoms with Crippen molar-refractivity contribution in [2.45, 2.75) is 25.3 Å². The molecule has 0 amide bonds. The summed E-state index contributed by atoms with van der Waals surface area (Å²) in [5, 5.41) is 8.96. The number of hydrogen-bond donors (Lipinski definition) is 1. The number of hydrogen-bond acceptors (Lipinski definition) is 3. The molecular weight excluding hydrogens is 188 g/mol. The highest BCUT2D eigenvalue weighted by atomic mass is 16.3. The zero-order chi connectivity index (χ0) is 10.5. The van der Waals surface area contributed by atoms with E-state index in [-0.39, 0.29) is 6.61 Å². The Hall–Kier alpha value is -0.930. The predicted molar refractivity (Wildman–Crippen MR) is 59.6 cm³/mol. The number of rotatable bonds is 6. The Morgan fingerprint density at radius 3 is 2.87 bits per heavy atom. The molecule has 2 rings (SSSR count). The third-order valence-electron chi connectivity index (χ3n) is 2.86. The van der Waals surface area contributed by atoms with Crippen molar-refractivity contribution in [1.29, 1.82) is 0 Å². The van der Waals surface area contributed by atoms with Gasteiger partial charge in [0.05, 0.1) is 6.61 Å². The molecule has 0 aliphatic heterocycles. The van der Waals surface area contributed by atoms with E-state index in [0.29, 0.717) is 0 Å². The molecule has 0 unspecified atom stereocenters. The highest BCUT2D eigenvalue weighted by Crippen LogP contribution is 2.26. The Morgan fingerprint density at radius 2 is 2.27 bits per heavy atom. The van der Waals surface area contributed by atoms with Gasteiger partial charge in [0, 0.05) is 31.5 Å². The molecule has 82 valence electrons. The Kier molecular flexibility index (Phi) is 3.69. The van der Waals surface area contributed by atoms with Crippen LogP contribution < -0.4 is 0 Å². The molecule has 0 spiro atoms. The Labute approximate surface area is 90.8 Å². The van der Waals surface area contributed by atoms with Crippen LogP contribution in [0.25, 0.3) is 0 Å². The SMILES string of the molecule is OCCN(CCc1cccnc1)C1CC1. The summed E-state index contributed by atoms with van der Waals surface area (Å²) in [6.07, 6.45) is 7.35. The van der Waals surface area contributed by atoms with Gasteiger partial charge < -0.3 is 5.11 Å². The number of aliphatic hydroxyl groups excluding tert-OH is 1. The minimum absolute atomic E-state index is 0.267. The molecule has 0 saturated heterocycles. The van der Waals surface area contributed by atoms with Crippen molar-refractivity contribution in [3.8, 4) is 0 Å². The van der Waals surface area contributed by atoms with Crippen molar-refractivity contribution in [3.05, 3.63) is 30.1 Å². The highest BCUT2D eigenvalue weighted by molar-refractivity contribution is 5.08. The van der Waals surface area contributed by atoms with Crippen LogP contribution in [-0.4, -0.2) is 40.7 Å². The fourth-order valence-electron chi connectivity index (χ4n) is 1.86. The van der Waals surface area contributed by atoms with Crippen LogP contribution in [0.3, 0.4) is 0 Å². The van der Waals surface area contributed by atoms with Gasteiger partial charge in [-0.25, -0.2) is 0 Å². The van der Waals surface area contributed by atoms with Gasteiger partial charge >= 0.3 is 0 Å². The van der Waals surface area contributed by atoms with Gasteiger partial charge in [-0.15, -0.1) is 0 Å². The first-order valence-corrected chi connectivity index (χ1v) is 5.64. The van der Waals surface area contributed by atoms with E-state index in [1.807, 2.05) is 12.3 Å². The van der Waals surface area contributed by atoms with Crippen molar-refractivity contribution in [3.63, 3.8) is 0 Å². The molecule has 1 aliphatic rings. The fraction of sp³-hybridized carbons (Fsp3) is 0.583. The minimum atomic E-state index is 0.267. The standard InChI is InChI=1S/C12H18N2O/c15-9-8-14(12-3-4-12)7-5-11-2-1-6-13-10-11/h1-2,6,10,12,15H,3-5,7-9H2. The summed E-state index contributed by atoms with van der Waals surface area (Å²) in [5.41, 5.74) is 1.28. The summed E-state index contributed by atoms with van der Waals surface area (Å²) in [4.78, 5) is 6.48. The topological polar surface area (TPSA) is 36.4 Å². The molecule has 3 heteroatoms. The minimum Gasteiger partial charge on any atom is -0.395 e. The van der Waals surface area contributed by atoms with E-state index in [1.165, 1.54) is 18.4 Å². The van der Waals surface area contributed by atoms with Crippen LogP contribution in [0.4, 0.5) is 0 Å². The lowest BCUT2D eigenvalue weighted by Crippen LogP contribution is -2.31. The lowest BCUT2D eigenvalue weighted by atomic mass is 10.2.